The third kappa shape index (κ3) is 6.08. The lowest BCUT2D eigenvalue weighted by atomic mass is 10.00. The van der Waals surface area contributed by atoms with Crippen molar-refractivity contribution >= 4 is 17.5 Å². The topological polar surface area (TPSA) is 49.3 Å². The Bertz CT molecular complexity index is 392. The number of carbonyl (C=O) groups excluding carboxylic acids is 1. The first-order chi connectivity index (χ1) is 9.02. The van der Waals surface area contributed by atoms with Crippen molar-refractivity contribution < 1.29 is 9.90 Å². The summed E-state index contributed by atoms with van der Waals surface area (Å²) in [5.41, 5.74) is 1.11. The monoisotopic (exact) mass is 283 g/mol. The normalized spacial score (nSPS) is 13.9. The Balaban J connectivity index is 2.42. The average molecular weight is 284 g/mol. The highest BCUT2D eigenvalue weighted by molar-refractivity contribution is 6.30. The fourth-order valence-electron chi connectivity index (χ4n) is 1.92. The molecule has 2 N–H and O–H groups in total. The maximum absolute atomic E-state index is 12.0. The van der Waals surface area contributed by atoms with E-state index >= 15 is 0 Å². The molecule has 1 aromatic carbocycles. The zero-order chi connectivity index (χ0) is 14.3. The van der Waals surface area contributed by atoms with E-state index in [1.54, 1.807) is 0 Å². The van der Waals surface area contributed by atoms with Gasteiger partial charge in [0, 0.05) is 23.6 Å². The lowest BCUT2D eigenvalue weighted by molar-refractivity contribution is -0.125. The number of aliphatic hydroxyl groups excluding tert-OH is 1. The van der Waals surface area contributed by atoms with Gasteiger partial charge < -0.3 is 10.4 Å². The van der Waals surface area contributed by atoms with Crippen LogP contribution in [0.1, 0.15) is 32.3 Å². The molecular formula is C15H22ClNO2. The van der Waals surface area contributed by atoms with Gasteiger partial charge in [-0.05, 0) is 43.9 Å². The third-order valence-corrected chi connectivity index (χ3v) is 3.34. The first-order valence-corrected chi connectivity index (χ1v) is 7.06. The van der Waals surface area contributed by atoms with Crippen molar-refractivity contribution in [3.63, 3.8) is 0 Å². The lowest BCUT2D eigenvalue weighted by Gasteiger charge is -2.17. The first kappa shape index (κ1) is 16.0. The Morgan fingerprint density at radius 3 is 2.53 bits per heavy atom. The highest BCUT2D eigenvalue weighted by Crippen LogP contribution is 2.13. The van der Waals surface area contributed by atoms with Gasteiger partial charge >= 0.3 is 0 Å². The number of hydrogen-bond acceptors (Lipinski definition) is 2. The molecular weight excluding hydrogens is 262 g/mol. The smallest absolute Gasteiger partial charge is 0.223 e. The Morgan fingerprint density at radius 2 is 1.95 bits per heavy atom. The standard InChI is InChI=1S/C15H22ClNO2/c1-11(10-13-5-7-14(16)8-6-13)15(19)17-12(2)4-3-9-18/h5-8,11-12,18H,3-4,9-10H2,1-2H3,(H,17,19). The number of benzene rings is 1. The van der Waals surface area contributed by atoms with Crippen LogP contribution in [0.25, 0.3) is 0 Å². The number of nitrogens with one attached hydrogen (secondary N) is 1. The molecule has 0 aliphatic carbocycles. The summed E-state index contributed by atoms with van der Waals surface area (Å²) in [6.07, 6.45) is 2.22. The molecule has 0 aliphatic rings. The summed E-state index contributed by atoms with van der Waals surface area (Å²) in [5.74, 6) is -0.0156. The highest BCUT2D eigenvalue weighted by Gasteiger charge is 2.15. The predicted octanol–water partition coefficient (Wildman–Crippen LogP) is 2.80. The van der Waals surface area contributed by atoms with Crippen molar-refractivity contribution in [2.24, 2.45) is 5.92 Å². The van der Waals surface area contributed by atoms with Crippen molar-refractivity contribution in [3.05, 3.63) is 34.9 Å². The number of aliphatic hydroxyl groups is 1. The summed E-state index contributed by atoms with van der Waals surface area (Å²) in [5, 5.41) is 12.4. The Hall–Kier alpha value is -1.06. The van der Waals surface area contributed by atoms with Crippen LogP contribution >= 0.6 is 11.6 Å². The predicted molar refractivity (Wildman–Crippen MR) is 78.2 cm³/mol. The first-order valence-electron chi connectivity index (χ1n) is 6.68. The molecule has 1 aromatic rings. The number of carbonyl (C=O) groups is 1. The molecule has 0 bridgehead atoms. The molecule has 0 fully saturated rings. The van der Waals surface area contributed by atoms with E-state index in [0.717, 1.165) is 12.0 Å². The molecule has 106 valence electrons. The van der Waals surface area contributed by atoms with Crippen LogP contribution in [0.2, 0.25) is 5.02 Å². The van der Waals surface area contributed by atoms with E-state index in [1.165, 1.54) is 0 Å². The minimum atomic E-state index is -0.0715. The third-order valence-electron chi connectivity index (χ3n) is 3.09. The molecule has 0 saturated heterocycles. The van der Waals surface area contributed by atoms with Gasteiger partial charge in [-0.25, -0.2) is 0 Å². The fourth-order valence-corrected chi connectivity index (χ4v) is 2.05. The minimum Gasteiger partial charge on any atom is -0.396 e. The van der Waals surface area contributed by atoms with Gasteiger partial charge in [0.25, 0.3) is 0 Å². The number of halogens is 1. The van der Waals surface area contributed by atoms with Crippen LogP contribution < -0.4 is 5.32 Å². The molecule has 0 aromatic heterocycles. The molecule has 1 amide bonds. The van der Waals surface area contributed by atoms with Crippen LogP contribution in [-0.4, -0.2) is 23.7 Å². The Kier molecular flexibility index (Phi) is 6.89. The second-order valence-electron chi connectivity index (χ2n) is 5.01. The largest absolute Gasteiger partial charge is 0.396 e. The molecule has 3 nitrogen and oxygen atoms in total. The summed E-state index contributed by atoms with van der Waals surface area (Å²) >= 11 is 5.83. The molecule has 2 atom stereocenters. The SMILES string of the molecule is CC(CCCO)NC(=O)C(C)Cc1ccc(Cl)cc1. The summed E-state index contributed by atoms with van der Waals surface area (Å²) in [6.45, 7) is 4.05. The summed E-state index contributed by atoms with van der Waals surface area (Å²) < 4.78 is 0. The van der Waals surface area contributed by atoms with Gasteiger partial charge in [0.2, 0.25) is 5.91 Å². The zero-order valence-electron chi connectivity index (χ0n) is 11.5. The van der Waals surface area contributed by atoms with E-state index in [1.807, 2.05) is 38.1 Å². The van der Waals surface area contributed by atoms with Crippen molar-refractivity contribution in [1.29, 1.82) is 0 Å². The number of rotatable bonds is 7. The molecule has 4 heteroatoms. The van der Waals surface area contributed by atoms with Crippen molar-refractivity contribution in [1.82, 2.24) is 5.32 Å². The van der Waals surface area contributed by atoms with E-state index in [-0.39, 0.29) is 24.5 Å². The van der Waals surface area contributed by atoms with Gasteiger partial charge in [0.05, 0.1) is 0 Å². The van der Waals surface area contributed by atoms with Crippen LogP contribution in [0.5, 0.6) is 0 Å². The number of amides is 1. The Morgan fingerprint density at radius 1 is 1.32 bits per heavy atom. The summed E-state index contributed by atoms with van der Waals surface area (Å²) in [6, 6.07) is 7.67. The molecule has 0 radical (unpaired) electrons. The van der Waals surface area contributed by atoms with Gasteiger partial charge in [-0.3, -0.25) is 4.79 Å². The molecule has 0 spiro atoms. The fraction of sp³-hybridized carbons (Fsp3) is 0.533. The van der Waals surface area contributed by atoms with E-state index in [9.17, 15) is 4.79 Å². The van der Waals surface area contributed by atoms with E-state index in [2.05, 4.69) is 5.32 Å². The Labute approximate surface area is 120 Å². The average Bonchev–Trinajstić information content (AvgIpc) is 2.39. The van der Waals surface area contributed by atoms with Crippen LogP contribution in [0, 0.1) is 5.92 Å². The van der Waals surface area contributed by atoms with Gasteiger partial charge in [0.15, 0.2) is 0 Å². The van der Waals surface area contributed by atoms with Crippen LogP contribution in [0.15, 0.2) is 24.3 Å². The van der Waals surface area contributed by atoms with Crippen LogP contribution in [0.4, 0.5) is 0 Å². The van der Waals surface area contributed by atoms with Crippen LogP contribution in [-0.2, 0) is 11.2 Å². The molecule has 0 aliphatic heterocycles. The number of hydrogen-bond donors (Lipinski definition) is 2. The van der Waals surface area contributed by atoms with Gasteiger partial charge in [0.1, 0.15) is 0 Å². The summed E-state index contributed by atoms with van der Waals surface area (Å²) in [4.78, 5) is 12.0. The molecule has 0 heterocycles. The maximum atomic E-state index is 12.0. The quantitative estimate of drug-likeness (QED) is 0.808. The second kappa shape index (κ2) is 8.18. The highest BCUT2D eigenvalue weighted by atomic mass is 35.5. The molecule has 1 rings (SSSR count). The van der Waals surface area contributed by atoms with Gasteiger partial charge in [-0.15, -0.1) is 0 Å². The molecule has 19 heavy (non-hydrogen) atoms. The minimum absolute atomic E-state index is 0.0559. The molecule has 2 unspecified atom stereocenters. The van der Waals surface area contributed by atoms with E-state index < -0.39 is 0 Å². The second-order valence-corrected chi connectivity index (χ2v) is 5.44. The van der Waals surface area contributed by atoms with Gasteiger partial charge in [-0.1, -0.05) is 30.7 Å². The van der Waals surface area contributed by atoms with Crippen molar-refractivity contribution in [2.75, 3.05) is 6.61 Å². The maximum Gasteiger partial charge on any atom is 0.223 e. The molecule has 0 saturated carbocycles. The summed E-state index contributed by atoms with van der Waals surface area (Å²) in [7, 11) is 0. The van der Waals surface area contributed by atoms with Gasteiger partial charge in [-0.2, -0.15) is 0 Å². The zero-order valence-corrected chi connectivity index (χ0v) is 12.3. The van der Waals surface area contributed by atoms with E-state index in [0.29, 0.717) is 17.9 Å². The van der Waals surface area contributed by atoms with Crippen molar-refractivity contribution in [3.8, 4) is 0 Å². The van der Waals surface area contributed by atoms with E-state index in [4.69, 9.17) is 16.7 Å². The van der Waals surface area contributed by atoms with Crippen LogP contribution in [0.3, 0.4) is 0 Å². The lowest BCUT2D eigenvalue weighted by Crippen LogP contribution is -2.37. The van der Waals surface area contributed by atoms with Crippen molar-refractivity contribution in [2.45, 2.75) is 39.2 Å².